The summed E-state index contributed by atoms with van der Waals surface area (Å²) in [7, 11) is 0. The maximum absolute atomic E-state index is 12.7. The van der Waals surface area contributed by atoms with E-state index in [0.717, 1.165) is 30.4 Å². The van der Waals surface area contributed by atoms with Crippen LogP contribution in [0.4, 0.5) is 0 Å². The predicted octanol–water partition coefficient (Wildman–Crippen LogP) is 4.23. The molecule has 134 valence electrons. The van der Waals surface area contributed by atoms with Crippen LogP contribution >= 0.6 is 15.9 Å². The van der Waals surface area contributed by atoms with Crippen molar-refractivity contribution >= 4 is 21.8 Å². The number of nitrogens with zero attached hydrogens (tertiary/aromatic N) is 1. The molecule has 1 N–H and O–H groups in total. The summed E-state index contributed by atoms with van der Waals surface area (Å²) in [4.78, 5) is 15.2. The minimum Gasteiger partial charge on any atom is -0.490 e. The molecule has 1 heterocycles. The maximum Gasteiger partial charge on any atom is 0.255 e. The van der Waals surface area contributed by atoms with E-state index in [0.29, 0.717) is 11.3 Å². The number of likely N-dealkylation sites (tertiary alicyclic amines) is 1. The van der Waals surface area contributed by atoms with Gasteiger partial charge in [-0.1, -0.05) is 29.3 Å². The van der Waals surface area contributed by atoms with Gasteiger partial charge in [0.25, 0.3) is 5.91 Å². The highest BCUT2D eigenvalue weighted by Crippen LogP contribution is 2.25. The highest BCUT2D eigenvalue weighted by molar-refractivity contribution is 9.10. The van der Waals surface area contributed by atoms with Crippen molar-refractivity contribution in [2.24, 2.45) is 0 Å². The van der Waals surface area contributed by atoms with Crippen molar-refractivity contribution in [3.05, 3.63) is 28.2 Å². The predicted molar refractivity (Wildman–Crippen MR) is 102 cm³/mol. The van der Waals surface area contributed by atoms with Crippen LogP contribution in [-0.2, 0) is 0 Å². The second-order valence-electron chi connectivity index (χ2n) is 6.75. The van der Waals surface area contributed by atoms with E-state index in [1.165, 1.54) is 19.4 Å². The third-order valence-electron chi connectivity index (χ3n) is 4.30. The number of ether oxygens (including phenoxy) is 1. The highest BCUT2D eigenvalue weighted by Gasteiger charge is 2.22. The maximum atomic E-state index is 12.7. The van der Waals surface area contributed by atoms with Crippen LogP contribution < -0.4 is 10.1 Å². The van der Waals surface area contributed by atoms with Gasteiger partial charge in [-0.05, 0) is 57.9 Å². The second-order valence-corrected chi connectivity index (χ2v) is 7.67. The van der Waals surface area contributed by atoms with Gasteiger partial charge in [-0.25, -0.2) is 0 Å². The molecular weight excluding hydrogens is 368 g/mol. The molecule has 1 fully saturated rings. The summed E-state index contributed by atoms with van der Waals surface area (Å²) in [6.07, 6.45) is 4.57. The molecule has 0 saturated carbocycles. The lowest BCUT2D eigenvalue weighted by atomic mass is 10.0. The molecule has 1 aliphatic heterocycles. The topological polar surface area (TPSA) is 41.6 Å². The number of nitrogens with one attached hydrogen (secondary N) is 1. The number of hydrogen-bond acceptors (Lipinski definition) is 3. The van der Waals surface area contributed by atoms with E-state index >= 15 is 0 Å². The molecule has 1 amide bonds. The fraction of sp³-hybridized carbons (Fsp3) is 0.632. The molecule has 0 unspecified atom stereocenters. The van der Waals surface area contributed by atoms with Gasteiger partial charge in [0.05, 0.1) is 11.7 Å². The Bertz CT molecular complexity index is 540. The van der Waals surface area contributed by atoms with Gasteiger partial charge >= 0.3 is 0 Å². The SMILES string of the molecule is CCCCN1CCC(NC(=O)c2ccc(Br)cc2OC(C)C)CC1. The molecular formula is C19H29BrN2O2. The molecule has 0 atom stereocenters. The van der Waals surface area contributed by atoms with E-state index in [-0.39, 0.29) is 18.1 Å². The molecule has 1 aromatic rings. The summed E-state index contributed by atoms with van der Waals surface area (Å²) in [5.74, 6) is 0.599. The molecule has 1 aromatic carbocycles. The number of benzene rings is 1. The van der Waals surface area contributed by atoms with Gasteiger partial charge in [0.1, 0.15) is 5.75 Å². The highest BCUT2D eigenvalue weighted by atomic mass is 79.9. The average molecular weight is 397 g/mol. The Hall–Kier alpha value is -1.07. The fourth-order valence-corrected chi connectivity index (χ4v) is 3.32. The third-order valence-corrected chi connectivity index (χ3v) is 4.79. The van der Waals surface area contributed by atoms with E-state index in [9.17, 15) is 4.79 Å². The molecule has 2 rings (SSSR count). The number of piperidine rings is 1. The van der Waals surface area contributed by atoms with Crippen LogP contribution in [0.25, 0.3) is 0 Å². The summed E-state index contributed by atoms with van der Waals surface area (Å²) in [6.45, 7) is 9.47. The monoisotopic (exact) mass is 396 g/mol. The average Bonchev–Trinajstić information content (AvgIpc) is 2.53. The number of carbonyl (C=O) groups is 1. The number of unbranched alkanes of at least 4 members (excludes halogenated alkanes) is 1. The smallest absolute Gasteiger partial charge is 0.255 e. The first kappa shape index (κ1) is 19.3. The zero-order valence-corrected chi connectivity index (χ0v) is 16.6. The minimum atomic E-state index is -0.0369. The van der Waals surface area contributed by atoms with Crippen LogP contribution in [0, 0.1) is 0 Å². The van der Waals surface area contributed by atoms with Crippen molar-refractivity contribution in [3.63, 3.8) is 0 Å². The molecule has 4 nitrogen and oxygen atoms in total. The molecule has 0 spiro atoms. The number of hydrogen-bond donors (Lipinski definition) is 1. The van der Waals surface area contributed by atoms with Gasteiger partial charge in [0.15, 0.2) is 0 Å². The van der Waals surface area contributed by atoms with Crippen molar-refractivity contribution in [3.8, 4) is 5.75 Å². The van der Waals surface area contributed by atoms with E-state index in [1.807, 2.05) is 32.0 Å². The van der Waals surface area contributed by atoms with Crippen molar-refractivity contribution in [1.29, 1.82) is 0 Å². The van der Waals surface area contributed by atoms with Gasteiger partial charge in [-0.15, -0.1) is 0 Å². The fourth-order valence-electron chi connectivity index (χ4n) is 2.98. The Balaban J connectivity index is 1.93. The van der Waals surface area contributed by atoms with E-state index in [1.54, 1.807) is 0 Å². The number of carbonyl (C=O) groups excluding carboxylic acids is 1. The van der Waals surface area contributed by atoms with Crippen LogP contribution in [-0.4, -0.2) is 42.6 Å². The Kier molecular flexibility index (Phi) is 7.56. The molecule has 0 bridgehead atoms. The van der Waals surface area contributed by atoms with Crippen LogP contribution in [0.5, 0.6) is 5.75 Å². The van der Waals surface area contributed by atoms with Gasteiger partial charge in [0, 0.05) is 23.6 Å². The summed E-state index contributed by atoms with van der Waals surface area (Å²) in [5.41, 5.74) is 0.611. The number of amides is 1. The molecule has 5 heteroatoms. The number of rotatable bonds is 7. The molecule has 0 aliphatic carbocycles. The second kappa shape index (κ2) is 9.42. The molecule has 1 saturated heterocycles. The third kappa shape index (κ3) is 5.78. The lowest BCUT2D eigenvalue weighted by Crippen LogP contribution is -2.44. The summed E-state index contributed by atoms with van der Waals surface area (Å²) >= 11 is 3.44. The van der Waals surface area contributed by atoms with Crippen molar-refractivity contribution in [2.75, 3.05) is 19.6 Å². The lowest BCUT2D eigenvalue weighted by molar-refractivity contribution is 0.0905. The standard InChI is InChI=1S/C19H29BrN2O2/c1-4-5-10-22-11-8-16(9-12-22)21-19(23)17-7-6-15(20)13-18(17)24-14(2)3/h6-7,13-14,16H,4-5,8-12H2,1-3H3,(H,21,23). The Morgan fingerprint density at radius 2 is 2.08 bits per heavy atom. The summed E-state index contributed by atoms with van der Waals surface area (Å²) < 4.78 is 6.71. The van der Waals surface area contributed by atoms with Gasteiger partial charge in [-0.2, -0.15) is 0 Å². The van der Waals surface area contributed by atoms with Crippen LogP contribution in [0.2, 0.25) is 0 Å². The van der Waals surface area contributed by atoms with Gasteiger partial charge in [0.2, 0.25) is 0 Å². The van der Waals surface area contributed by atoms with Crippen molar-refractivity contribution in [1.82, 2.24) is 10.2 Å². The zero-order valence-electron chi connectivity index (χ0n) is 15.0. The van der Waals surface area contributed by atoms with E-state index in [2.05, 4.69) is 33.1 Å². The largest absolute Gasteiger partial charge is 0.490 e. The van der Waals surface area contributed by atoms with E-state index in [4.69, 9.17) is 4.74 Å². The molecule has 0 radical (unpaired) electrons. The normalized spacial score (nSPS) is 16.4. The molecule has 1 aliphatic rings. The van der Waals surface area contributed by atoms with E-state index < -0.39 is 0 Å². The summed E-state index contributed by atoms with van der Waals surface area (Å²) in [5, 5.41) is 3.18. The summed E-state index contributed by atoms with van der Waals surface area (Å²) in [6, 6.07) is 5.83. The molecule has 24 heavy (non-hydrogen) atoms. The van der Waals surface area contributed by atoms with Crippen molar-refractivity contribution < 1.29 is 9.53 Å². The van der Waals surface area contributed by atoms with Gasteiger partial charge in [-0.3, -0.25) is 4.79 Å². The van der Waals surface area contributed by atoms with Gasteiger partial charge < -0.3 is 15.0 Å². The quantitative estimate of drug-likeness (QED) is 0.749. The van der Waals surface area contributed by atoms with Crippen LogP contribution in [0.3, 0.4) is 0 Å². The molecule has 0 aromatic heterocycles. The zero-order chi connectivity index (χ0) is 17.5. The number of halogens is 1. The first-order valence-corrected chi connectivity index (χ1v) is 9.78. The van der Waals surface area contributed by atoms with Crippen LogP contribution in [0.1, 0.15) is 56.8 Å². The Morgan fingerprint density at radius 3 is 2.71 bits per heavy atom. The van der Waals surface area contributed by atoms with Crippen molar-refractivity contribution in [2.45, 2.75) is 58.6 Å². The minimum absolute atomic E-state index is 0.0349. The van der Waals surface area contributed by atoms with Crippen LogP contribution in [0.15, 0.2) is 22.7 Å². The first-order valence-electron chi connectivity index (χ1n) is 8.99. The lowest BCUT2D eigenvalue weighted by Gasteiger charge is -2.32. The Morgan fingerprint density at radius 1 is 1.38 bits per heavy atom. The Labute approximate surface area is 154 Å². The first-order chi connectivity index (χ1) is 11.5.